The van der Waals surface area contributed by atoms with Crippen molar-refractivity contribution >= 4 is 5.91 Å². The molecule has 0 fully saturated rings. The fourth-order valence-electron chi connectivity index (χ4n) is 2.03. The maximum atomic E-state index is 12.1. The lowest BCUT2D eigenvalue weighted by atomic mass is 10.0. The van der Waals surface area contributed by atoms with E-state index >= 15 is 0 Å². The smallest absolute Gasteiger partial charge is 0.229 e. The van der Waals surface area contributed by atoms with E-state index < -0.39 is 0 Å². The molecular weight excluding hydrogens is 188 g/mol. The minimum absolute atomic E-state index is 0.00829. The van der Waals surface area contributed by atoms with Gasteiger partial charge in [0.2, 0.25) is 5.91 Å². The SMILES string of the molecule is CCC(C)N(CC)C(=O)C1C=CC(N)C1. The van der Waals surface area contributed by atoms with Gasteiger partial charge < -0.3 is 10.6 Å². The van der Waals surface area contributed by atoms with Crippen LogP contribution in [0, 0.1) is 5.92 Å². The molecule has 1 rings (SSSR count). The van der Waals surface area contributed by atoms with Crippen LogP contribution in [0.2, 0.25) is 0 Å². The number of hydrogen-bond acceptors (Lipinski definition) is 2. The maximum absolute atomic E-state index is 12.1. The summed E-state index contributed by atoms with van der Waals surface area (Å²) >= 11 is 0. The monoisotopic (exact) mass is 210 g/mol. The van der Waals surface area contributed by atoms with E-state index in [1.165, 1.54) is 0 Å². The van der Waals surface area contributed by atoms with Crippen LogP contribution in [0.5, 0.6) is 0 Å². The van der Waals surface area contributed by atoms with Crippen LogP contribution in [0.15, 0.2) is 12.2 Å². The molecule has 0 saturated heterocycles. The number of carbonyl (C=O) groups excluding carboxylic acids is 1. The Bertz CT molecular complexity index is 250. The van der Waals surface area contributed by atoms with Gasteiger partial charge in [-0.05, 0) is 26.7 Å². The number of hydrogen-bond donors (Lipinski definition) is 1. The van der Waals surface area contributed by atoms with Gasteiger partial charge in [0.05, 0.1) is 5.92 Å². The third-order valence-corrected chi connectivity index (χ3v) is 3.18. The highest BCUT2D eigenvalue weighted by molar-refractivity contribution is 5.81. The topological polar surface area (TPSA) is 46.3 Å². The second-order valence-corrected chi connectivity index (χ2v) is 4.27. The predicted molar refractivity (Wildman–Crippen MR) is 62.4 cm³/mol. The molecule has 1 aliphatic rings. The minimum Gasteiger partial charge on any atom is -0.340 e. The van der Waals surface area contributed by atoms with Gasteiger partial charge in [-0.25, -0.2) is 0 Å². The van der Waals surface area contributed by atoms with Crippen molar-refractivity contribution < 1.29 is 4.79 Å². The summed E-state index contributed by atoms with van der Waals surface area (Å²) in [5, 5.41) is 0. The maximum Gasteiger partial charge on any atom is 0.229 e. The Morgan fingerprint density at radius 2 is 2.20 bits per heavy atom. The second kappa shape index (κ2) is 5.31. The zero-order valence-corrected chi connectivity index (χ0v) is 9.94. The van der Waals surface area contributed by atoms with Gasteiger partial charge in [0.1, 0.15) is 0 Å². The molecule has 0 aromatic heterocycles. The second-order valence-electron chi connectivity index (χ2n) is 4.27. The number of amides is 1. The molecule has 0 radical (unpaired) electrons. The summed E-state index contributed by atoms with van der Waals surface area (Å²) in [5.74, 6) is 0.241. The van der Waals surface area contributed by atoms with E-state index in [0.29, 0.717) is 6.04 Å². The van der Waals surface area contributed by atoms with Gasteiger partial charge >= 0.3 is 0 Å². The zero-order chi connectivity index (χ0) is 11.4. The average molecular weight is 210 g/mol. The van der Waals surface area contributed by atoms with Crippen LogP contribution in [0.25, 0.3) is 0 Å². The molecule has 15 heavy (non-hydrogen) atoms. The van der Waals surface area contributed by atoms with Crippen LogP contribution in [-0.2, 0) is 4.79 Å². The third-order valence-electron chi connectivity index (χ3n) is 3.18. The quantitative estimate of drug-likeness (QED) is 0.715. The van der Waals surface area contributed by atoms with Gasteiger partial charge in [-0.15, -0.1) is 0 Å². The summed E-state index contributed by atoms with van der Waals surface area (Å²) in [4.78, 5) is 14.1. The zero-order valence-electron chi connectivity index (χ0n) is 9.94. The van der Waals surface area contributed by atoms with Crippen molar-refractivity contribution in [3.8, 4) is 0 Å². The Morgan fingerprint density at radius 1 is 1.53 bits per heavy atom. The lowest BCUT2D eigenvalue weighted by molar-refractivity contribution is -0.135. The van der Waals surface area contributed by atoms with E-state index in [1.807, 2.05) is 24.0 Å². The first-order valence-corrected chi connectivity index (χ1v) is 5.84. The Labute approximate surface area is 92.3 Å². The highest BCUT2D eigenvalue weighted by Crippen LogP contribution is 2.20. The first kappa shape index (κ1) is 12.2. The fourth-order valence-corrected chi connectivity index (χ4v) is 2.03. The Kier molecular flexibility index (Phi) is 4.33. The van der Waals surface area contributed by atoms with Crippen LogP contribution in [0.4, 0.5) is 0 Å². The van der Waals surface area contributed by atoms with Crippen molar-refractivity contribution in [1.29, 1.82) is 0 Å². The number of nitrogens with two attached hydrogens (primary N) is 1. The first-order chi connectivity index (χ1) is 7.10. The molecule has 1 amide bonds. The van der Waals surface area contributed by atoms with Crippen molar-refractivity contribution in [2.75, 3.05) is 6.54 Å². The van der Waals surface area contributed by atoms with E-state index in [4.69, 9.17) is 5.73 Å². The van der Waals surface area contributed by atoms with Crippen LogP contribution in [0.1, 0.15) is 33.6 Å². The molecule has 0 spiro atoms. The van der Waals surface area contributed by atoms with Crippen molar-refractivity contribution in [3.05, 3.63) is 12.2 Å². The Balaban J connectivity index is 2.61. The molecule has 1 aliphatic carbocycles. The van der Waals surface area contributed by atoms with Gasteiger partial charge in [0.15, 0.2) is 0 Å². The lowest BCUT2D eigenvalue weighted by Gasteiger charge is -2.29. The first-order valence-electron chi connectivity index (χ1n) is 5.84. The average Bonchev–Trinajstić information content (AvgIpc) is 2.65. The van der Waals surface area contributed by atoms with Gasteiger partial charge in [0.25, 0.3) is 0 Å². The van der Waals surface area contributed by atoms with E-state index in [0.717, 1.165) is 19.4 Å². The van der Waals surface area contributed by atoms with Gasteiger partial charge in [-0.3, -0.25) is 4.79 Å². The predicted octanol–water partition coefficient (Wildman–Crippen LogP) is 1.54. The van der Waals surface area contributed by atoms with Crippen LogP contribution in [0.3, 0.4) is 0 Å². The van der Waals surface area contributed by atoms with Gasteiger partial charge in [0, 0.05) is 18.6 Å². The Hall–Kier alpha value is -0.830. The van der Waals surface area contributed by atoms with E-state index in [2.05, 4.69) is 13.8 Å². The van der Waals surface area contributed by atoms with Crippen LogP contribution in [-0.4, -0.2) is 29.4 Å². The largest absolute Gasteiger partial charge is 0.340 e. The van der Waals surface area contributed by atoms with E-state index in [1.54, 1.807) is 0 Å². The van der Waals surface area contributed by atoms with Crippen LogP contribution >= 0.6 is 0 Å². The molecule has 3 heteroatoms. The van der Waals surface area contributed by atoms with Crippen LogP contribution < -0.4 is 5.73 Å². The van der Waals surface area contributed by atoms with Gasteiger partial charge in [-0.2, -0.15) is 0 Å². The number of nitrogens with zero attached hydrogens (tertiary/aromatic N) is 1. The molecule has 0 aromatic carbocycles. The summed E-state index contributed by atoms with van der Waals surface area (Å²) in [6.45, 7) is 7.02. The Morgan fingerprint density at radius 3 is 2.60 bits per heavy atom. The molecule has 3 nitrogen and oxygen atoms in total. The highest BCUT2D eigenvalue weighted by Gasteiger charge is 2.28. The summed E-state index contributed by atoms with van der Waals surface area (Å²) < 4.78 is 0. The molecule has 0 saturated carbocycles. The standard InChI is InChI=1S/C12H22N2O/c1-4-9(3)14(5-2)12(15)10-6-7-11(13)8-10/h6-7,9-11H,4-5,8,13H2,1-3H3. The van der Waals surface area contributed by atoms with Crippen molar-refractivity contribution in [2.45, 2.75) is 45.7 Å². The molecule has 0 aliphatic heterocycles. The summed E-state index contributed by atoms with van der Waals surface area (Å²) in [6.07, 6.45) is 5.67. The molecular formula is C12H22N2O. The van der Waals surface area contributed by atoms with Crippen molar-refractivity contribution in [2.24, 2.45) is 11.7 Å². The minimum atomic E-state index is 0.00829. The summed E-state index contributed by atoms with van der Waals surface area (Å²) in [6, 6.07) is 0.391. The fraction of sp³-hybridized carbons (Fsp3) is 0.750. The molecule has 0 bridgehead atoms. The molecule has 86 valence electrons. The molecule has 0 heterocycles. The van der Waals surface area contributed by atoms with Crippen molar-refractivity contribution in [3.63, 3.8) is 0 Å². The summed E-state index contributed by atoms with van der Waals surface area (Å²) in [7, 11) is 0. The third kappa shape index (κ3) is 2.81. The molecule has 0 aromatic rings. The number of carbonyl (C=O) groups is 1. The normalized spacial score (nSPS) is 26.7. The lowest BCUT2D eigenvalue weighted by Crippen LogP contribution is -2.41. The molecule has 2 N–H and O–H groups in total. The van der Waals surface area contributed by atoms with Gasteiger partial charge in [-0.1, -0.05) is 19.1 Å². The number of rotatable bonds is 4. The van der Waals surface area contributed by atoms with E-state index in [-0.39, 0.29) is 17.9 Å². The molecule has 3 atom stereocenters. The highest BCUT2D eigenvalue weighted by atomic mass is 16.2. The van der Waals surface area contributed by atoms with Crippen molar-refractivity contribution in [1.82, 2.24) is 4.90 Å². The van der Waals surface area contributed by atoms with E-state index in [9.17, 15) is 4.79 Å². The molecule has 3 unspecified atom stereocenters. The summed E-state index contributed by atoms with van der Waals surface area (Å²) in [5.41, 5.74) is 5.76.